The highest BCUT2D eigenvalue weighted by molar-refractivity contribution is 6.32. The number of fused-ring (bicyclic) bond motifs is 1. The van der Waals surface area contributed by atoms with Gasteiger partial charge in [0.25, 0.3) is 5.91 Å². The Balaban J connectivity index is 1.48. The minimum Gasteiger partial charge on any atom is -0.492 e. The molecule has 25 heavy (non-hydrogen) atoms. The number of carbonyl (C=O) groups is 1. The molecule has 4 rings (SSSR count). The molecule has 0 bridgehead atoms. The predicted molar refractivity (Wildman–Crippen MR) is 95.1 cm³/mol. The van der Waals surface area contributed by atoms with Crippen LogP contribution in [0.25, 0.3) is 0 Å². The maximum Gasteiger partial charge on any atom is 0.272 e. The van der Waals surface area contributed by atoms with Crippen molar-refractivity contribution in [3.05, 3.63) is 46.7 Å². The molecule has 1 saturated heterocycles. The largest absolute Gasteiger partial charge is 0.492 e. The van der Waals surface area contributed by atoms with Crippen molar-refractivity contribution in [1.82, 2.24) is 20.4 Å². The van der Waals surface area contributed by atoms with E-state index in [1.807, 2.05) is 23.0 Å². The Bertz CT molecular complexity index is 770. The summed E-state index contributed by atoms with van der Waals surface area (Å²) in [4.78, 5) is 12.6. The van der Waals surface area contributed by atoms with Gasteiger partial charge < -0.3 is 15.4 Å². The van der Waals surface area contributed by atoms with E-state index in [4.69, 9.17) is 16.3 Å². The van der Waals surface area contributed by atoms with Gasteiger partial charge in [-0.15, -0.1) is 0 Å². The number of hydrogen-bond acceptors (Lipinski definition) is 4. The maximum absolute atomic E-state index is 12.6. The zero-order chi connectivity index (χ0) is 17.2. The van der Waals surface area contributed by atoms with E-state index in [0.29, 0.717) is 35.5 Å². The molecule has 1 aromatic heterocycles. The average Bonchev–Trinajstić information content (AvgIpc) is 3.14. The van der Waals surface area contributed by atoms with Crippen molar-refractivity contribution >= 4 is 17.5 Å². The van der Waals surface area contributed by atoms with Crippen molar-refractivity contribution in [1.29, 1.82) is 0 Å². The van der Waals surface area contributed by atoms with Gasteiger partial charge in [-0.3, -0.25) is 9.48 Å². The van der Waals surface area contributed by atoms with Gasteiger partial charge in [-0.1, -0.05) is 23.7 Å². The summed E-state index contributed by atoms with van der Waals surface area (Å²) >= 11 is 6.19. The monoisotopic (exact) mass is 360 g/mol. The van der Waals surface area contributed by atoms with Crippen molar-refractivity contribution in [2.45, 2.75) is 31.3 Å². The topological polar surface area (TPSA) is 68.2 Å². The molecule has 2 N–H and O–H groups in total. The summed E-state index contributed by atoms with van der Waals surface area (Å²) in [6.07, 6.45) is 4.82. The highest BCUT2D eigenvalue weighted by atomic mass is 35.5. The first-order chi connectivity index (χ1) is 12.2. The standard InChI is InChI=1S/C18H21ClN4O2/c19-14-5-1-4-13-15(7-10-25-17(13)14)21-18(24)16-6-9-23(22-16)12-3-2-8-20-11-12/h1,4-6,9,12,15,20H,2-3,7-8,10-11H2,(H,21,24). The second-order valence-corrected chi connectivity index (χ2v) is 6.91. The van der Waals surface area contributed by atoms with Crippen LogP contribution in [0.4, 0.5) is 0 Å². The van der Waals surface area contributed by atoms with Crippen molar-refractivity contribution in [2.75, 3.05) is 19.7 Å². The highest BCUT2D eigenvalue weighted by Crippen LogP contribution is 2.37. The number of nitrogens with zero attached hydrogens (tertiary/aromatic N) is 2. The zero-order valence-corrected chi connectivity index (χ0v) is 14.6. The number of carbonyl (C=O) groups excluding carboxylic acids is 1. The normalized spacial score (nSPS) is 22.8. The molecule has 0 spiro atoms. The first-order valence-corrected chi connectivity index (χ1v) is 9.08. The summed E-state index contributed by atoms with van der Waals surface area (Å²) in [5.74, 6) is 0.500. The van der Waals surface area contributed by atoms with E-state index >= 15 is 0 Å². The molecule has 1 amide bonds. The number of amides is 1. The number of nitrogens with one attached hydrogen (secondary N) is 2. The van der Waals surface area contributed by atoms with E-state index in [1.54, 1.807) is 12.1 Å². The SMILES string of the molecule is O=C(NC1CCOc2c(Cl)cccc21)c1ccn(C2CCCNC2)n1. The smallest absolute Gasteiger partial charge is 0.272 e. The summed E-state index contributed by atoms with van der Waals surface area (Å²) in [7, 11) is 0. The second kappa shape index (κ2) is 7.06. The maximum atomic E-state index is 12.6. The van der Waals surface area contributed by atoms with Gasteiger partial charge in [-0.05, 0) is 31.5 Å². The molecule has 2 aliphatic rings. The molecule has 2 atom stereocenters. The number of halogens is 1. The lowest BCUT2D eigenvalue weighted by molar-refractivity contribution is 0.0918. The minimum atomic E-state index is -0.166. The van der Waals surface area contributed by atoms with Crippen molar-refractivity contribution in [2.24, 2.45) is 0 Å². The minimum absolute atomic E-state index is 0.114. The lowest BCUT2D eigenvalue weighted by Gasteiger charge is -2.27. The molecule has 3 heterocycles. The summed E-state index contributed by atoms with van der Waals surface area (Å²) in [5.41, 5.74) is 1.36. The number of piperidine rings is 1. The van der Waals surface area contributed by atoms with Gasteiger partial charge in [0, 0.05) is 24.7 Å². The number of hydrogen-bond donors (Lipinski definition) is 2. The zero-order valence-electron chi connectivity index (χ0n) is 13.9. The molecule has 1 aromatic carbocycles. The van der Waals surface area contributed by atoms with E-state index in [1.165, 1.54) is 0 Å². The van der Waals surface area contributed by atoms with Crippen LogP contribution in [0.5, 0.6) is 5.75 Å². The summed E-state index contributed by atoms with van der Waals surface area (Å²) in [5, 5.41) is 11.5. The summed E-state index contributed by atoms with van der Waals surface area (Å²) in [6.45, 7) is 2.48. The molecule has 2 aliphatic heterocycles. The molecule has 1 fully saturated rings. The Hall–Kier alpha value is -2.05. The van der Waals surface area contributed by atoms with Gasteiger partial charge in [-0.25, -0.2) is 0 Å². The molecule has 2 aromatic rings. The fourth-order valence-electron chi connectivity index (χ4n) is 3.49. The molecule has 7 heteroatoms. The van der Waals surface area contributed by atoms with E-state index in [2.05, 4.69) is 15.7 Å². The Morgan fingerprint density at radius 1 is 1.36 bits per heavy atom. The molecular weight excluding hydrogens is 340 g/mol. The predicted octanol–water partition coefficient (Wildman–Crippen LogP) is 2.71. The second-order valence-electron chi connectivity index (χ2n) is 6.50. The van der Waals surface area contributed by atoms with Gasteiger partial charge in [0.15, 0.2) is 0 Å². The van der Waals surface area contributed by atoms with Crippen molar-refractivity contribution < 1.29 is 9.53 Å². The van der Waals surface area contributed by atoms with Crippen molar-refractivity contribution in [3.63, 3.8) is 0 Å². The van der Waals surface area contributed by atoms with Gasteiger partial charge in [0.1, 0.15) is 11.4 Å². The molecule has 0 aliphatic carbocycles. The van der Waals surface area contributed by atoms with Gasteiger partial charge in [-0.2, -0.15) is 5.10 Å². The number of para-hydroxylation sites is 1. The van der Waals surface area contributed by atoms with Crippen LogP contribution in [0, 0.1) is 0 Å². The third-order valence-electron chi connectivity index (χ3n) is 4.82. The Kier molecular flexibility index (Phi) is 4.63. The fourth-order valence-corrected chi connectivity index (χ4v) is 3.73. The van der Waals surface area contributed by atoms with Gasteiger partial charge >= 0.3 is 0 Å². The summed E-state index contributed by atoms with van der Waals surface area (Å²) < 4.78 is 7.54. The van der Waals surface area contributed by atoms with Crippen LogP contribution >= 0.6 is 11.6 Å². The number of rotatable bonds is 3. The fraction of sp³-hybridized carbons (Fsp3) is 0.444. The number of benzene rings is 1. The lowest BCUT2D eigenvalue weighted by atomic mass is 10.0. The first-order valence-electron chi connectivity index (χ1n) is 8.70. The Morgan fingerprint density at radius 3 is 3.12 bits per heavy atom. The Labute approximate surface area is 151 Å². The van der Waals surface area contributed by atoms with Crippen LogP contribution in [0.1, 0.15) is 47.4 Å². The van der Waals surface area contributed by atoms with E-state index in [0.717, 1.165) is 31.5 Å². The quantitative estimate of drug-likeness (QED) is 0.883. The molecule has 132 valence electrons. The van der Waals surface area contributed by atoms with Gasteiger partial charge in [0.05, 0.1) is 23.7 Å². The average molecular weight is 361 g/mol. The van der Waals surface area contributed by atoms with E-state index in [9.17, 15) is 4.79 Å². The van der Waals surface area contributed by atoms with Crippen LogP contribution in [-0.4, -0.2) is 35.4 Å². The molecule has 0 saturated carbocycles. The molecule has 2 unspecified atom stereocenters. The van der Waals surface area contributed by atoms with Crippen LogP contribution in [-0.2, 0) is 0 Å². The molecule has 0 radical (unpaired) electrons. The van der Waals surface area contributed by atoms with E-state index in [-0.39, 0.29) is 11.9 Å². The highest BCUT2D eigenvalue weighted by Gasteiger charge is 2.26. The Morgan fingerprint density at radius 2 is 2.28 bits per heavy atom. The van der Waals surface area contributed by atoms with Gasteiger partial charge in [0.2, 0.25) is 0 Å². The first kappa shape index (κ1) is 16.4. The molecular formula is C18H21ClN4O2. The van der Waals surface area contributed by atoms with Crippen LogP contribution < -0.4 is 15.4 Å². The van der Waals surface area contributed by atoms with Crippen LogP contribution in [0.2, 0.25) is 5.02 Å². The van der Waals surface area contributed by atoms with E-state index < -0.39 is 0 Å². The third kappa shape index (κ3) is 3.37. The van der Waals surface area contributed by atoms with Crippen LogP contribution in [0.3, 0.4) is 0 Å². The van der Waals surface area contributed by atoms with Crippen molar-refractivity contribution in [3.8, 4) is 5.75 Å². The van der Waals surface area contributed by atoms with Crippen LogP contribution in [0.15, 0.2) is 30.5 Å². The lowest BCUT2D eigenvalue weighted by Crippen LogP contribution is -2.33. The third-order valence-corrected chi connectivity index (χ3v) is 5.11. The summed E-state index contributed by atoms with van der Waals surface area (Å²) in [6, 6.07) is 7.60. The number of ether oxygens (including phenoxy) is 1. The number of aromatic nitrogens is 2. The molecule has 6 nitrogen and oxygen atoms in total.